The Bertz CT molecular complexity index is 913. The maximum absolute atomic E-state index is 12.9. The average Bonchev–Trinajstić information content (AvgIpc) is 3.01. The number of carbonyl (C=O) groups is 1. The van der Waals surface area contributed by atoms with Crippen LogP contribution in [-0.4, -0.2) is 36.9 Å². The molecule has 1 aromatic heterocycles. The molecule has 0 unspecified atom stereocenters. The van der Waals surface area contributed by atoms with E-state index in [1.807, 2.05) is 0 Å². The van der Waals surface area contributed by atoms with Gasteiger partial charge in [-0.15, -0.1) is 0 Å². The normalized spacial score (nSPS) is 16.2. The van der Waals surface area contributed by atoms with E-state index in [0.29, 0.717) is 50.4 Å². The first-order valence-electron chi connectivity index (χ1n) is 9.21. The van der Waals surface area contributed by atoms with Crippen molar-refractivity contribution in [3.8, 4) is 0 Å². The van der Waals surface area contributed by atoms with Crippen LogP contribution in [0.2, 0.25) is 0 Å². The van der Waals surface area contributed by atoms with Crippen LogP contribution in [0.25, 0.3) is 0 Å². The van der Waals surface area contributed by atoms with Crippen molar-refractivity contribution < 1.29 is 22.1 Å². The molecule has 1 aliphatic heterocycles. The van der Waals surface area contributed by atoms with Crippen molar-refractivity contribution >= 4 is 15.9 Å². The van der Waals surface area contributed by atoms with E-state index < -0.39 is 10.0 Å². The molecule has 7 nitrogen and oxygen atoms in total. The van der Waals surface area contributed by atoms with Gasteiger partial charge in [0, 0.05) is 26.1 Å². The minimum absolute atomic E-state index is 0.0867. The fourth-order valence-corrected chi connectivity index (χ4v) is 5.22. The van der Waals surface area contributed by atoms with Crippen molar-refractivity contribution in [2.75, 3.05) is 13.1 Å². The zero-order valence-electron chi connectivity index (χ0n) is 15.9. The molecular formula is C19H24FN3O4S. The fourth-order valence-electron chi connectivity index (χ4n) is 3.46. The van der Waals surface area contributed by atoms with Crippen LogP contribution in [0.15, 0.2) is 33.7 Å². The highest BCUT2D eigenvalue weighted by molar-refractivity contribution is 7.89. The fraction of sp³-hybridized carbons (Fsp3) is 0.474. The summed E-state index contributed by atoms with van der Waals surface area (Å²) in [5.41, 5.74) is 1.19. The Morgan fingerprint density at radius 2 is 1.89 bits per heavy atom. The molecular weight excluding hydrogens is 385 g/mol. The van der Waals surface area contributed by atoms with E-state index in [1.165, 1.54) is 16.4 Å². The van der Waals surface area contributed by atoms with Crippen molar-refractivity contribution in [3.63, 3.8) is 0 Å². The maximum atomic E-state index is 12.9. The van der Waals surface area contributed by atoms with Gasteiger partial charge in [-0.2, -0.15) is 4.31 Å². The molecule has 3 rings (SSSR count). The zero-order chi connectivity index (χ0) is 20.3. The second kappa shape index (κ2) is 8.40. The summed E-state index contributed by atoms with van der Waals surface area (Å²) in [4.78, 5) is 12.3. The molecule has 1 aliphatic rings. The van der Waals surface area contributed by atoms with E-state index in [2.05, 4.69) is 10.5 Å². The zero-order valence-corrected chi connectivity index (χ0v) is 16.8. The first-order valence-corrected chi connectivity index (χ1v) is 10.7. The highest BCUT2D eigenvalue weighted by Crippen LogP contribution is 2.28. The molecule has 1 fully saturated rings. The summed E-state index contributed by atoms with van der Waals surface area (Å²) in [5.74, 6) is 0.0221. The highest BCUT2D eigenvalue weighted by atomic mass is 32.2. The first kappa shape index (κ1) is 20.5. The predicted molar refractivity (Wildman–Crippen MR) is 100 cm³/mol. The van der Waals surface area contributed by atoms with Crippen LogP contribution in [-0.2, 0) is 21.4 Å². The smallest absolute Gasteiger partial charge is 0.248 e. The lowest BCUT2D eigenvalue weighted by atomic mass is 9.94. The van der Waals surface area contributed by atoms with Gasteiger partial charge in [-0.1, -0.05) is 17.3 Å². The number of nitrogens with zero attached hydrogens (tertiary/aromatic N) is 2. The summed E-state index contributed by atoms with van der Waals surface area (Å²) < 4.78 is 45.0. The lowest BCUT2D eigenvalue weighted by Gasteiger charge is -2.30. The Morgan fingerprint density at radius 3 is 2.46 bits per heavy atom. The highest BCUT2D eigenvalue weighted by Gasteiger charge is 2.34. The molecule has 1 saturated heterocycles. The number of amides is 1. The number of aryl methyl sites for hydroxylation is 2. The molecule has 1 N–H and O–H groups in total. The predicted octanol–water partition coefficient (Wildman–Crippen LogP) is 2.54. The summed E-state index contributed by atoms with van der Waals surface area (Å²) in [7, 11) is -3.64. The van der Waals surface area contributed by atoms with Crippen molar-refractivity contribution in [1.82, 2.24) is 14.8 Å². The summed E-state index contributed by atoms with van der Waals surface area (Å²) >= 11 is 0. The number of hydrogen-bond donors (Lipinski definition) is 1. The minimum Gasteiger partial charge on any atom is -0.360 e. The monoisotopic (exact) mass is 409 g/mol. The van der Waals surface area contributed by atoms with Crippen LogP contribution in [0.4, 0.5) is 4.39 Å². The van der Waals surface area contributed by atoms with E-state index in [0.717, 1.165) is 5.56 Å². The average molecular weight is 409 g/mol. The number of aromatic nitrogens is 1. The van der Waals surface area contributed by atoms with Gasteiger partial charge in [-0.05, 0) is 50.3 Å². The largest absolute Gasteiger partial charge is 0.360 e. The molecule has 0 saturated carbocycles. The molecule has 1 aromatic carbocycles. The number of rotatable bonds is 6. The van der Waals surface area contributed by atoms with Gasteiger partial charge in [0.1, 0.15) is 16.4 Å². The Hall–Kier alpha value is -2.26. The molecule has 1 amide bonds. The molecule has 2 aromatic rings. The maximum Gasteiger partial charge on any atom is 0.248 e. The number of piperidine rings is 1. The van der Waals surface area contributed by atoms with E-state index in [9.17, 15) is 17.6 Å². The summed E-state index contributed by atoms with van der Waals surface area (Å²) in [6.07, 6.45) is 1.58. The van der Waals surface area contributed by atoms with Crippen molar-refractivity contribution in [2.45, 2.75) is 44.6 Å². The Morgan fingerprint density at radius 1 is 1.25 bits per heavy atom. The van der Waals surface area contributed by atoms with Gasteiger partial charge in [-0.25, -0.2) is 12.8 Å². The Kier molecular flexibility index (Phi) is 6.14. The summed E-state index contributed by atoms with van der Waals surface area (Å²) in [6, 6.07) is 5.98. The molecule has 0 spiro atoms. The van der Waals surface area contributed by atoms with E-state index in [-0.39, 0.29) is 22.5 Å². The second-order valence-corrected chi connectivity index (χ2v) is 8.98. The Balaban J connectivity index is 1.50. The molecule has 28 heavy (non-hydrogen) atoms. The molecule has 2 heterocycles. The second-order valence-electron chi connectivity index (χ2n) is 7.11. The molecule has 152 valence electrons. The van der Waals surface area contributed by atoms with Crippen LogP contribution >= 0.6 is 0 Å². The first-order chi connectivity index (χ1) is 13.3. The van der Waals surface area contributed by atoms with Gasteiger partial charge in [0.15, 0.2) is 5.76 Å². The summed E-state index contributed by atoms with van der Waals surface area (Å²) in [5, 5.41) is 6.56. The van der Waals surface area contributed by atoms with Crippen LogP contribution < -0.4 is 5.32 Å². The third-order valence-corrected chi connectivity index (χ3v) is 7.16. The van der Waals surface area contributed by atoms with Gasteiger partial charge < -0.3 is 9.84 Å². The van der Waals surface area contributed by atoms with Gasteiger partial charge >= 0.3 is 0 Å². The number of hydrogen-bond acceptors (Lipinski definition) is 5. The molecule has 9 heteroatoms. The van der Waals surface area contributed by atoms with Crippen molar-refractivity contribution in [2.24, 2.45) is 5.92 Å². The third kappa shape index (κ3) is 4.59. The quantitative estimate of drug-likeness (QED) is 0.792. The molecule has 0 atom stereocenters. The number of nitrogens with one attached hydrogen (secondary N) is 1. The number of halogens is 1. The van der Waals surface area contributed by atoms with Crippen LogP contribution in [0, 0.1) is 25.6 Å². The van der Waals surface area contributed by atoms with E-state index in [1.54, 1.807) is 26.0 Å². The van der Waals surface area contributed by atoms with Gasteiger partial charge in [0.25, 0.3) is 0 Å². The third-order valence-electron chi connectivity index (χ3n) is 5.02. The van der Waals surface area contributed by atoms with Gasteiger partial charge in [-0.3, -0.25) is 4.79 Å². The lowest BCUT2D eigenvalue weighted by Crippen LogP contribution is -2.39. The molecule has 0 bridgehead atoms. The standard InChI is InChI=1S/C19H24FN3O4S/c1-13-19(14(2)27-22-13)28(25,26)23-9-7-15(8-10-23)11-18(24)21-12-16-3-5-17(20)6-4-16/h3-6,15H,7-12H2,1-2H3,(H,21,24). The lowest BCUT2D eigenvalue weighted by molar-refractivity contribution is -0.122. The topological polar surface area (TPSA) is 92.5 Å². The van der Waals surface area contributed by atoms with Gasteiger partial charge in [0.05, 0.1) is 0 Å². The number of sulfonamides is 1. The number of benzene rings is 1. The summed E-state index contributed by atoms with van der Waals surface area (Å²) in [6.45, 7) is 4.27. The van der Waals surface area contributed by atoms with Crippen molar-refractivity contribution in [1.29, 1.82) is 0 Å². The van der Waals surface area contributed by atoms with E-state index in [4.69, 9.17) is 4.52 Å². The molecule has 0 radical (unpaired) electrons. The molecule has 0 aliphatic carbocycles. The number of carbonyl (C=O) groups excluding carboxylic acids is 1. The van der Waals surface area contributed by atoms with E-state index >= 15 is 0 Å². The van der Waals surface area contributed by atoms with Crippen molar-refractivity contribution in [3.05, 3.63) is 47.1 Å². The Labute approximate surface area is 163 Å². The van der Waals surface area contributed by atoms with Crippen LogP contribution in [0.5, 0.6) is 0 Å². The minimum atomic E-state index is -3.64. The van der Waals surface area contributed by atoms with Gasteiger partial charge in [0.2, 0.25) is 15.9 Å². The SMILES string of the molecule is Cc1noc(C)c1S(=O)(=O)N1CCC(CC(=O)NCc2ccc(F)cc2)CC1. The van der Waals surface area contributed by atoms with Crippen LogP contribution in [0.1, 0.15) is 36.3 Å². The van der Waals surface area contributed by atoms with Crippen LogP contribution in [0.3, 0.4) is 0 Å².